The van der Waals surface area contributed by atoms with E-state index in [1.54, 1.807) is 0 Å². The zero-order valence-corrected chi connectivity index (χ0v) is 20.9. The second-order valence-corrected chi connectivity index (χ2v) is 9.73. The van der Waals surface area contributed by atoms with E-state index in [1.807, 2.05) is 41.8 Å². The van der Waals surface area contributed by atoms with Crippen molar-refractivity contribution in [2.45, 2.75) is 39.2 Å². The smallest absolute Gasteiger partial charge is 0.338 e. The highest BCUT2D eigenvalue weighted by molar-refractivity contribution is 7.10. The van der Waals surface area contributed by atoms with Crippen molar-refractivity contribution in [1.82, 2.24) is 0 Å². The summed E-state index contributed by atoms with van der Waals surface area (Å²) >= 11 is 1.48. The molecule has 0 spiro atoms. The van der Waals surface area contributed by atoms with Crippen molar-refractivity contribution < 1.29 is 19.1 Å². The molecule has 1 N–H and O–H groups in total. The number of carboxylic acids is 1. The first-order valence-electron chi connectivity index (χ1n) is 12.0. The number of benzene rings is 3. The van der Waals surface area contributed by atoms with Crippen molar-refractivity contribution in [3.63, 3.8) is 0 Å². The van der Waals surface area contributed by atoms with Gasteiger partial charge in [0.15, 0.2) is 0 Å². The first-order valence-corrected chi connectivity index (χ1v) is 12.9. The number of nitrogens with zero attached hydrogens (tertiary/aromatic N) is 1. The Morgan fingerprint density at radius 1 is 0.917 bits per heavy atom. The van der Waals surface area contributed by atoms with Crippen LogP contribution in [0.1, 0.15) is 46.1 Å². The lowest BCUT2D eigenvalue weighted by atomic mass is 10.0. The molecule has 4 aromatic rings. The largest absolute Gasteiger partial charge is 0.478 e. The van der Waals surface area contributed by atoms with Gasteiger partial charge in [-0.15, -0.1) is 11.3 Å². The molecule has 0 radical (unpaired) electrons. The number of halogens is 1. The van der Waals surface area contributed by atoms with Gasteiger partial charge >= 0.3 is 5.97 Å². The molecule has 0 unspecified atom stereocenters. The molecular formula is C30H28FNO3S. The Balaban J connectivity index is 1.57. The van der Waals surface area contributed by atoms with Gasteiger partial charge in [0.1, 0.15) is 5.82 Å². The molecule has 0 saturated heterocycles. The highest BCUT2D eigenvalue weighted by Crippen LogP contribution is 2.25. The van der Waals surface area contributed by atoms with Gasteiger partial charge in [-0.25, -0.2) is 9.18 Å². The number of hydrogen-bond acceptors (Lipinski definition) is 3. The summed E-state index contributed by atoms with van der Waals surface area (Å²) in [5.41, 5.74) is 4.31. The van der Waals surface area contributed by atoms with Crippen molar-refractivity contribution in [3.8, 4) is 11.1 Å². The van der Waals surface area contributed by atoms with E-state index in [0.717, 1.165) is 34.1 Å². The van der Waals surface area contributed by atoms with Gasteiger partial charge < -0.3 is 10.0 Å². The van der Waals surface area contributed by atoms with Crippen molar-refractivity contribution in [2.24, 2.45) is 0 Å². The number of carbonyl (C=O) groups excluding carboxylic acids is 1. The second kappa shape index (κ2) is 11.8. The molecular weight excluding hydrogens is 473 g/mol. The molecule has 1 amide bonds. The molecule has 0 fully saturated rings. The maximum Gasteiger partial charge on any atom is 0.338 e. The van der Waals surface area contributed by atoms with Crippen LogP contribution in [-0.4, -0.2) is 17.0 Å². The number of rotatable bonds is 10. The van der Waals surface area contributed by atoms with E-state index in [1.165, 1.54) is 46.8 Å². The minimum absolute atomic E-state index is 0.180. The van der Waals surface area contributed by atoms with Crippen LogP contribution in [0.25, 0.3) is 11.1 Å². The Kier molecular flexibility index (Phi) is 8.28. The monoisotopic (exact) mass is 501 g/mol. The number of amides is 1. The van der Waals surface area contributed by atoms with Crippen LogP contribution < -0.4 is 4.90 Å². The van der Waals surface area contributed by atoms with E-state index in [-0.39, 0.29) is 18.9 Å². The van der Waals surface area contributed by atoms with Crippen LogP contribution in [0, 0.1) is 5.82 Å². The summed E-state index contributed by atoms with van der Waals surface area (Å²) in [5, 5.41) is 11.3. The summed E-state index contributed by atoms with van der Waals surface area (Å²) < 4.78 is 14.0. The Bertz CT molecular complexity index is 1320. The molecule has 0 aliphatic heterocycles. The van der Waals surface area contributed by atoms with Crippen LogP contribution in [0.2, 0.25) is 0 Å². The van der Waals surface area contributed by atoms with Gasteiger partial charge in [0.2, 0.25) is 5.91 Å². The van der Waals surface area contributed by atoms with Crippen molar-refractivity contribution >= 4 is 28.9 Å². The maximum absolute atomic E-state index is 14.0. The molecule has 0 atom stereocenters. The molecule has 0 bridgehead atoms. The first kappa shape index (κ1) is 25.3. The van der Waals surface area contributed by atoms with Crippen LogP contribution in [0.15, 0.2) is 84.2 Å². The van der Waals surface area contributed by atoms with Gasteiger partial charge in [-0.05, 0) is 64.7 Å². The number of aromatic carboxylic acids is 1. The van der Waals surface area contributed by atoms with Crippen molar-refractivity contribution in [1.29, 1.82) is 0 Å². The van der Waals surface area contributed by atoms with E-state index in [2.05, 4.69) is 31.2 Å². The maximum atomic E-state index is 14.0. The molecule has 4 nitrogen and oxygen atoms in total. The molecule has 3 aromatic carbocycles. The average Bonchev–Trinajstić information content (AvgIpc) is 3.40. The summed E-state index contributed by atoms with van der Waals surface area (Å²) in [4.78, 5) is 27.2. The number of unbranched alkanes of at least 4 members (excludes halogenated alkanes) is 1. The van der Waals surface area contributed by atoms with Crippen LogP contribution in [-0.2, 0) is 24.2 Å². The fraction of sp³-hybridized carbons (Fsp3) is 0.200. The highest BCUT2D eigenvalue weighted by Gasteiger charge is 2.20. The number of carboxylic acid groups (broad SMARTS) is 1. The lowest BCUT2D eigenvalue weighted by Gasteiger charge is -2.23. The van der Waals surface area contributed by atoms with Crippen molar-refractivity contribution in [3.05, 3.63) is 112 Å². The van der Waals surface area contributed by atoms with Gasteiger partial charge in [-0.3, -0.25) is 4.79 Å². The Labute approximate surface area is 214 Å². The van der Waals surface area contributed by atoms with E-state index in [0.29, 0.717) is 5.69 Å². The normalized spacial score (nSPS) is 10.8. The molecule has 184 valence electrons. The van der Waals surface area contributed by atoms with Gasteiger partial charge in [-0.1, -0.05) is 67.9 Å². The SMILES string of the molecule is CCCCc1ccc(-c2ccc(CN(C(=O)Cc3cccs3)c3ccc(F)c(C(=O)O)c3)cc2)cc1. The summed E-state index contributed by atoms with van der Waals surface area (Å²) in [6.45, 7) is 2.43. The van der Waals surface area contributed by atoms with Crippen LogP contribution in [0.3, 0.4) is 0 Å². The van der Waals surface area contributed by atoms with Crippen LogP contribution >= 0.6 is 11.3 Å². The minimum Gasteiger partial charge on any atom is -0.478 e. The molecule has 0 saturated carbocycles. The Morgan fingerprint density at radius 2 is 1.58 bits per heavy atom. The standard InChI is InChI=1S/C30H28FNO3S/c1-2-3-5-21-7-11-23(12-8-21)24-13-9-22(10-14-24)20-32(29(33)19-26-6-4-17-36-26)25-15-16-28(31)27(18-25)30(34)35/h4,6-18H,2-3,5,19-20H2,1H3,(H,34,35). The third-order valence-electron chi connectivity index (χ3n) is 6.10. The molecule has 36 heavy (non-hydrogen) atoms. The Hall–Kier alpha value is -3.77. The van der Waals surface area contributed by atoms with E-state index in [4.69, 9.17) is 0 Å². The lowest BCUT2D eigenvalue weighted by Crippen LogP contribution is -2.31. The fourth-order valence-electron chi connectivity index (χ4n) is 4.06. The Morgan fingerprint density at radius 3 is 2.17 bits per heavy atom. The predicted octanol–water partition coefficient (Wildman–Crippen LogP) is 7.37. The quantitative estimate of drug-likeness (QED) is 0.247. The van der Waals surface area contributed by atoms with Gasteiger partial charge in [0.05, 0.1) is 18.5 Å². The van der Waals surface area contributed by atoms with Gasteiger partial charge in [0, 0.05) is 10.6 Å². The lowest BCUT2D eigenvalue weighted by molar-refractivity contribution is -0.118. The van der Waals surface area contributed by atoms with Gasteiger partial charge in [-0.2, -0.15) is 0 Å². The van der Waals surface area contributed by atoms with Crippen LogP contribution in [0.4, 0.5) is 10.1 Å². The summed E-state index contributed by atoms with van der Waals surface area (Å²) in [6.07, 6.45) is 3.61. The number of thiophene rings is 1. The van der Waals surface area contributed by atoms with E-state index in [9.17, 15) is 19.1 Å². The highest BCUT2D eigenvalue weighted by atomic mass is 32.1. The number of hydrogen-bond donors (Lipinski definition) is 1. The van der Waals surface area contributed by atoms with Crippen LogP contribution in [0.5, 0.6) is 0 Å². The van der Waals surface area contributed by atoms with E-state index >= 15 is 0 Å². The predicted molar refractivity (Wildman–Crippen MR) is 143 cm³/mol. The second-order valence-electron chi connectivity index (χ2n) is 8.70. The zero-order chi connectivity index (χ0) is 25.5. The average molecular weight is 502 g/mol. The number of carbonyl (C=O) groups is 2. The topological polar surface area (TPSA) is 57.6 Å². The third kappa shape index (κ3) is 6.26. The zero-order valence-electron chi connectivity index (χ0n) is 20.1. The molecule has 6 heteroatoms. The molecule has 4 rings (SSSR count). The van der Waals surface area contributed by atoms with E-state index < -0.39 is 17.3 Å². The molecule has 1 aromatic heterocycles. The molecule has 0 aliphatic carbocycles. The summed E-state index contributed by atoms with van der Waals surface area (Å²) in [7, 11) is 0. The number of aryl methyl sites for hydroxylation is 1. The number of anilines is 1. The third-order valence-corrected chi connectivity index (χ3v) is 6.98. The minimum atomic E-state index is -1.37. The van der Waals surface area contributed by atoms with Crippen molar-refractivity contribution in [2.75, 3.05) is 4.90 Å². The van der Waals surface area contributed by atoms with Gasteiger partial charge in [0.25, 0.3) is 0 Å². The molecule has 0 aliphatic rings. The summed E-state index contributed by atoms with van der Waals surface area (Å²) in [5.74, 6) is -2.39. The first-order chi connectivity index (χ1) is 17.4. The fourth-order valence-corrected chi connectivity index (χ4v) is 4.75. The molecule has 1 heterocycles. The summed E-state index contributed by atoms with van der Waals surface area (Å²) in [6, 6.07) is 24.1.